The molecule has 4 atom stereocenters. The van der Waals surface area contributed by atoms with Gasteiger partial charge in [0.25, 0.3) is 0 Å². The van der Waals surface area contributed by atoms with Crippen LogP contribution in [-0.4, -0.2) is 22.0 Å². The van der Waals surface area contributed by atoms with Crippen LogP contribution in [0.5, 0.6) is 11.5 Å². The van der Waals surface area contributed by atoms with Gasteiger partial charge in [0, 0.05) is 10.3 Å². The molecule has 0 saturated heterocycles. The van der Waals surface area contributed by atoms with Crippen LogP contribution in [0.3, 0.4) is 0 Å². The highest BCUT2D eigenvalue weighted by Gasteiger charge is 2.64. The second kappa shape index (κ2) is 6.00. The van der Waals surface area contributed by atoms with Crippen LogP contribution >= 0.6 is 14.3 Å². The van der Waals surface area contributed by atoms with Crippen LogP contribution in [0.1, 0.15) is 41.5 Å². The third-order valence-corrected chi connectivity index (χ3v) is 14.5. The van der Waals surface area contributed by atoms with Gasteiger partial charge in [-0.2, -0.15) is 0 Å². The van der Waals surface area contributed by atoms with Crippen molar-refractivity contribution in [3.8, 4) is 11.5 Å². The van der Waals surface area contributed by atoms with Crippen LogP contribution in [0.4, 0.5) is 0 Å². The molecule has 2 aliphatic rings. The van der Waals surface area contributed by atoms with Gasteiger partial charge in [0.05, 0.1) is 10.6 Å². The van der Waals surface area contributed by atoms with E-state index in [9.17, 15) is 9.13 Å². The summed E-state index contributed by atoms with van der Waals surface area (Å²) in [5.41, 5.74) is 0. The molecule has 2 aromatic rings. The first kappa shape index (κ1) is 19.8. The van der Waals surface area contributed by atoms with Crippen molar-refractivity contribution in [2.45, 2.75) is 63.5 Å². The molecule has 2 heterocycles. The number of benzene rings is 2. The quantitative estimate of drug-likeness (QED) is 0.582. The first-order chi connectivity index (χ1) is 12.9. The molecule has 0 fully saturated rings. The monoisotopic (exact) mass is 418 g/mol. The molecular formula is C22H28O4P2. The van der Waals surface area contributed by atoms with Gasteiger partial charge in [-0.3, -0.25) is 0 Å². The molecule has 2 aliphatic heterocycles. The number of ether oxygens (including phenoxy) is 2. The van der Waals surface area contributed by atoms with E-state index < -0.39 is 36.3 Å². The molecule has 150 valence electrons. The number of fused-ring (bicyclic) bond motifs is 2. The zero-order valence-corrected chi connectivity index (χ0v) is 19.1. The summed E-state index contributed by atoms with van der Waals surface area (Å²) in [4.78, 5) is 0. The maximum atomic E-state index is 14.6. The molecule has 2 aromatic carbocycles. The molecule has 0 aliphatic carbocycles. The predicted octanol–water partition coefficient (Wildman–Crippen LogP) is 5.40. The van der Waals surface area contributed by atoms with Crippen molar-refractivity contribution in [3.63, 3.8) is 0 Å². The van der Waals surface area contributed by atoms with Crippen molar-refractivity contribution < 1.29 is 18.6 Å². The number of rotatable bonds is 1. The Bertz CT molecular complexity index is 946. The number of hydrogen-bond donors (Lipinski definition) is 0. The molecule has 0 bridgehead atoms. The van der Waals surface area contributed by atoms with Crippen molar-refractivity contribution in [2.75, 3.05) is 0 Å². The van der Waals surface area contributed by atoms with E-state index in [1.807, 2.05) is 90.1 Å². The Kier molecular flexibility index (Phi) is 4.24. The lowest BCUT2D eigenvalue weighted by molar-refractivity contribution is 0.162. The van der Waals surface area contributed by atoms with Gasteiger partial charge in [-0.05, 0) is 24.3 Å². The zero-order chi connectivity index (χ0) is 20.5. The molecule has 1 unspecified atom stereocenters. The van der Waals surface area contributed by atoms with Crippen molar-refractivity contribution in [1.82, 2.24) is 0 Å². The third-order valence-electron chi connectivity index (χ3n) is 5.90. The van der Waals surface area contributed by atoms with Crippen LogP contribution in [0.15, 0.2) is 48.5 Å². The second-order valence-electron chi connectivity index (χ2n) is 9.61. The first-order valence-corrected chi connectivity index (χ1v) is 13.2. The fourth-order valence-corrected chi connectivity index (χ4v) is 11.8. The summed E-state index contributed by atoms with van der Waals surface area (Å²) in [5, 5.41) is 0.357. The Morgan fingerprint density at radius 1 is 0.643 bits per heavy atom. The van der Waals surface area contributed by atoms with E-state index in [4.69, 9.17) is 9.47 Å². The smallest absolute Gasteiger partial charge is 0.199 e. The van der Waals surface area contributed by atoms with Gasteiger partial charge >= 0.3 is 0 Å². The van der Waals surface area contributed by atoms with E-state index in [1.54, 1.807) is 0 Å². The van der Waals surface area contributed by atoms with Crippen LogP contribution in [0, 0.1) is 0 Å². The summed E-state index contributed by atoms with van der Waals surface area (Å²) in [6.45, 7) is 11.8. The highest BCUT2D eigenvalue weighted by molar-refractivity contribution is 7.78. The molecule has 0 radical (unpaired) electrons. The Balaban J connectivity index is 1.94. The van der Waals surface area contributed by atoms with Crippen molar-refractivity contribution in [1.29, 1.82) is 0 Å². The van der Waals surface area contributed by atoms with Gasteiger partial charge in [0.1, 0.15) is 11.5 Å². The van der Waals surface area contributed by atoms with Crippen LogP contribution in [0.2, 0.25) is 0 Å². The summed E-state index contributed by atoms with van der Waals surface area (Å²) >= 11 is 0. The fraction of sp³-hybridized carbons (Fsp3) is 0.455. The van der Waals surface area contributed by atoms with Crippen molar-refractivity contribution >= 4 is 24.9 Å². The van der Waals surface area contributed by atoms with Crippen LogP contribution in [0.25, 0.3) is 0 Å². The standard InChI is InChI=1S/C22H28O4P2/c1-21(2,3)27(23)17-13-9-7-11-15(17)25-19(27)20-26-16-12-8-10-14-18(16)28(20,24)22(4,5)6/h7-14,19-20H,1-6H3/t19-,20?,27+,28+/m0/s1. The van der Waals surface area contributed by atoms with E-state index in [2.05, 4.69) is 0 Å². The van der Waals surface area contributed by atoms with Gasteiger partial charge in [-0.1, -0.05) is 65.8 Å². The Morgan fingerprint density at radius 2 is 0.964 bits per heavy atom. The van der Waals surface area contributed by atoms with Gasteiger partial charge < -0.3 is 18.6 Å². The van der Waals surface area contributed by atoms with E-state index in [0.29, 0.717) is 11.5 Å². The van der Waals surface area contributed by atoms with Gasteiger partial charge in [-0.15, -0.1) is 0 Å². The predicted molar refractivity (Wildman–Crippen MR) is 116 cm³/mol. The lowest BCUT2D eigenvalue weighted by Gasteiger charge is -2.39. The summed E-state index contributed by atoms with van der Waals surface area (Å²) in [7, 11) is -6.20. The third kappa shape index (κ3) is 2.44. The van der Waals surface area contributed by atoms with Crippen molar-refractivity contribution in [3.05, 3.63) is 48.5 Å². The molecule has 4 nitrogen and oxygen atoms in total. The highest BCUT2D eigenvalue weighted by atomic mass is 31.2. The molecule has 4 rings (SSSR count). The van der Waals surface area contributed by atoms with Crippen LogP contribution < -0.4 is 20.1 Å². The lowest BCUT2D eigenvalue weighted by atomic mass is 10.3. The van der Waals surface area contributed by atoms with Gasteiger partial charge in [-0.25, -0.2) is 0 Å². The number of para-hydroxylation sites is 2. The summed E-state index contributed by atoms with van der Waals surface area (Å²) < 4.78 is 41.8. The van der Waals surface area contributed by atoms with Gasteiger partial charge in [0.15, 0.2) is 26.0 Å². The Labute approximate surface area is 167 Å². The highest BCUT2D eigenvalue weighted by Crippen LogP contribution is 2.74. The fourth-order valence-electron chi connectivity index (χ4n) is 4.31. The van der Waals surface area contributed by atoms with E-state index in [1.165, 1.54) is 0 Å². The lowest BCUT2D eigenvalue weighted by Crippen LogP contribution is -2.41. The largest absolute Gasteiger partial charge is 0.477 e. The van der Waals surface area contributed by atoms with Crippen LogP contribution in [-0.2, 0) is 9.13 Å². The average Bonchev–Trinajstić information content (AvgIpc) is 3.09. The summed E-state index contributed by atoms with van der Waals surface area (Å²) in [5.74, 6) is -0.318. The Hall–Kier alpha value is -1.50. The minimum absolute atomic E-state index is 0.550. The minimum atomic E-state index is -3.10. The maximum Gasteiger partial charge on any atom is 0.199 e. The van der Waals surface area contributed by atoms with E-state index in [-0.39, 0.29) is 0 Å². The van der Waals surface area contributed by atoms with Gasteiger partial charge in [0.2, 0.25) is 0 Å². The van der Waals surface area contributed by atoms with E-state index in [0.717, 1.165) is 10.6 Å². The molecule has 0 aromatic heterocycles. The molecule has 0 saturated carbocycles. The molecular weight excluding hydrogens is 390 g/mol. The average molecular weight is 418 g/mol. The first-order valence-electron chi connectivity index (χ1n) is 9.64. The SMILES string of the molecule is CC(C)(C)[P@@]1(=O)c2ccccc2OC1[C@H]1Oc2ccccc2[P@]1(=O)C(C)(C)C. The van der Waals surface area contributed by atoms with E-state index >= 15 is 0 Å². The molecule has 0 spiro atoms. The molecule has 6 heteroatoms. The summed E-state index contributed by atoms with van der Waals surface area (Å²) in [6.07, 6.45) is 0. The second-order valence-corrected chi connectivity index (χ2v) is 16.9. The maximum absolute atomic E-state index is 14.6. The topological polar surface area (TPSA) is 52.6 Å². The zero-order valence-electron chi connectivity index (χ0n) is 17.3. The van der Waals surface area contributed by atoms with Crippen molar-refractivity contribution in [2.24, 2.45) is 0 Å². The normalized spacial score (nSPS) is 31.6. The Morgan fingerprint density at radius 3 is 1.29 bits per heavy atom. The minimum Gasteiger partial charge on any atom is -0.477 e. The molecule has 0 N–H and O–H groups in total. The molecule has 28 heavy (non-hydrogen) atoms. The number of hydrogen-bond acceptors (Lipinski definition) is 4. The summed E-state index contributed by atoms with van der Waals surface area (Å²) in [6, 6.07) is 15.0. The molecule has 0 amide bonds.